The Morgan fingerprint density at radius 1 is 1.65 bits per heavy atom. The predicted octanol–water partition coefficient (Wildman–Crippen LogP) is -0.370. The summed E-state index contributed by atoms with van der Waals surface area (Å²) >= 11 is 0. The van der Waals surface area contributed by atoms with Gasteiger partial charge in [0, 0.05) is 18.7 Å². The number of hydrogen-bond acceptors (Lipinski definition) is 5. The molecule has 0 aromatic carbocycles. The fraction of sp³-hybridized carbons (Fsp3) is 0.600. The lowest BCUT2D eigenvalue weighted by atomic mass is 10.0. The maximum atomic E-state index is 10.7. The Hall–Kier alpha value is -1.76. The quantitative estimate of drug-likeness (QED) is 0.772. The number of carbonyl (C=O) groups is 1. The average Bonchev–Trinajstić information content (AvgIpc) is 2.62. The smallest absolute Gasteiger partial charge is 0.317 e. The maximum absolute atomic E-state index is 10.7. The van der Waals surface area contributed by atoms with Gasteiger partial charge in [-0.3, -0.25) is 9.69 Å². The van der Waals surface area contributed by atoms with Crippen molar-refractivity contribution >= 4 is 11.5 Å². The van der Waals surface area contributed by atoms with Gasteiger partial charge in [-0.2, -0.15) is 4.80 Å². The van der Waals surface area contributed by atoms with E-state index in [2.05, 4.69) is 21.5 Å². The zero-order chi connectivity index (χ0) is 12.4. The summed E-state index contributed by atoms with van der Waals surface area (Å²) in [7, 11) is 1.71. The topological polar surface area (TPSA) is 84.1 Å². The summed E-state index contributed by atoms with van der Waals surface area (Å²) in [5.74, 6) is 0.0573. The SMILES string of the molecule is CC1C=C(c2nnn(C)n2)CN(CC(=O)O)C1. The van der Waals surface area contributed by atoms with Gasteiger partial charge in [0.1, 0.15) is 0 Å². The molecule has 0 saturated heterocycles. The minimum absolute atomic E-state index is 0.0436. The Balaban J connectivity index is 2.15. The Bertz CT molecular complexity index is 453. The Labute approximate surface area is 98.7 Å². The number of tetrazole rings is 1. The molecule has 0 aliphatic carbocycles. The van der Waals surface area contributed by atoms with E-state index in [1.54, 1.807) is 7.05 Å². The lowest BCUT2D eigenvalue weighted by Gasteiger charge is -2.28. The van der Waals surface area contributed by atoms with Crippen molar-refractivity contribution in [1.82, 2.24) is 25.1 Å². The lowest BCUT2D eigenvalue weighted by molar-refractivity contribution is -0.138. The lowest BCUT2D eigenvalue weighted by Crippen LogP contribution is -2.37. The highest BCUT2D eigenvalue weighted by atomic mass is 16.4. The van der Waals surface area contributed by atoms with E-state index in [9.17, 15) is 4.79 Å². The number of hydrogen-bond donors (Lipinski definition) is 1. The highest BCUT2D eigenvalue weighted by molar-refractivity contribution is 5.70. The van der Waals surface area contributed by atoms with Crippen molar-refractivity contribution in [1.29, 1.82) is 0 Å². The molecule has 7 nitrogen and oxygen atoms in total. The minimum atomic E-state index is -0.814. The summed E-state index contributed by atoms with van der Waals surface area (Å²) < 4.78 is 0. The van der Waals surface area contributed by atoms with Crippen LogP contribution in [0.15, 0.2) is 6.08 Å². The van der Waals surface area contributed by atoms with E-state index in [0.29, 0.717) is 18.3 Å². The van der Waals surface area contributed by atoms with Crippen LogP contribution in [0.25, 0.3) is 5.57 Å². The van der Waals surface area contributed by atoms with Gasteiger partial charge in [-0.05, 0) is 11.1 Å². The van der Waals surface area contributed by atoms with Crippen molar-refractivity contribution in [2.45, 2.75) is 6.92 Å². The summed E-state index contributed by atoms with van der Waals surface area (Å²) in [4.78, 5) is 14.0. The van der Waals surface area contributed by atoms with Crippen LogP contribution < -0.4 is 0 Å². The first-order valence-electron chi connectivity index (χ1n) is 5.44. The van der Waals surface area contributed by atoms with E-state index in [0.717, 1.165) is 12.1 Å². The Kier molecular flexibility index (Phi) is 3.19. The largest absolute Gasteiger partial charge is 0.480 e. The monoisotopic (exact) mass is 237 g/mol. The van der Waals surface area contributed by atoms with Gasteiger partial charge in [0.25, 0.3) is 0 Å². The molecule has 1 aliphatic heterocycles. The van der Waals surface area contributed by atoms with Gasteiger partial charge in [0.15, 0.2) is 0 Å². The second-order valence-corrected chi connectivity index (χ2v) is 4.34. The molecule has 1 aromatic heterocycles. The highest BCUT2D eigenvalue weighted by Gasteiger charge is 2.22. The molecule has 1 atom stereocenters. The van der Waals surface area contributed by atoms with Crippen molar-refractivity contribution in [2.24, 2.45) is 13.0 Å². The standard InChI is InChI=1S/C10H15N5O2/c1-7-3-8(10-11-13-14(2)12-10)5-15(4-7)6-9(16)17/h3,7H,4-6H2,1-2H3,(H,16,17). The maximum Gasteiger partial charge on any atom is 0.317 e. The second kappa shape index (κ2) is 4.62. The molecule has 92 valence electrons. The second-order valence-electron chi connectivity index (χ2n) is 4.34. The molecule has 0 radical (unpaired) electrons. The van der Waals surface area contributed by atoms with Crippen LogP contribution in [0.3, 0.4) is 0 Å². The van der Waals surface area contributed by atoms with Crippen LogP contribution >= 0.6 is 0 Å². The van der Waals surface area contributed by atoms with Crippen molar-refractivity contribution in [3.63, 3.8) is 0 Å². The van der Waals surface area contributed by atoms with E-state index in [1.807, 2.05) is 11.8 Å². The van der Waals surface area contributed by atoms with Crippen LogP contribution in [0, 0.1) is 5.92 Å². The Morgan fingerprint density at radius 3 is 3.00 bits per heavy atom. The summed E-state index contributed by atoms with van der Waals surface area (Å²) in [5.41, 5.74) is 0.943. The summed E-state index contributed by atoms with van der Waals surface area (Å²) in [5, 5.41) is 20.7. The summed E-state index contributed by atoms with van der Waals surface area (Å²) in [6, 6.07) is 0. The third-order valence-corrected chi connectivity index (χ3v) is 2.58. The van der Waals surface area contributed by atoms with Crippen LogP contribution in [-0.2, 0) is 11.8 Å². The first-order chi connectivity index (χ1) is 8.04. The van der Waals surface area contributed by atoms with Crippen LogP contribution in [0.1, 0.15) is 12.7 Å². The third-order valence-electron chi connectivity index (χ3n) is 2.58. The molecule has 1 aliphatic rings. The molecule has 17 heavy (non-hydrogen) atoms. The molecular formula is C10H15N5O2. The molecular weight excluding hydrogens is 222 g/mol. The van der Waals surface area contributed by atoms with Crippen LogP contribution in [0.4, 0.5) is 0 Å². The number of aromatic nitrogens is 4. The fourth-order valence-corrected chi connectivity index (χ4v) is 2.03. The predicted molar refractivity (Wildman–Crippen MR) is 60.0 cm³/mol. The van der Waals surface area contributed by atoms with Gasteiger partial charge in [-0.1, -0.05) is 13.0 Å². The molecule has 0 fully saturated rings. The van der Waals surface area contributed by atoms with Gasteiger partial charge in [-0.25, -0.2) is 0 Å². The average molecular weight is 237 g/mol. The highest BCUT2D eigenvalue weighted by Crippen LogP contribution is 2.20. The molecule has 7 heteroatoms. The third kappa shape index (κ3) is 2.88. The van der Waals surface area contributed by atoms with Crippen molar-refractivity contribution in [2.75, 3.05) is 19.6 Å². The van der Waals surface area contributed by atoms with E-state index >= 15 is 0 Å². The van der Waals surface area contributed by atoms with Gasteiger partial charge < -0.3 is 5.11 Å². The number of carboxylic acids is 1. The number of aryl methyl sites for hydroxylation is 1. The number of rotatable bonds is 3. The zero-order valence-electron chi connectivity index (χ0n) is 9.87. The molecule has 0 saturated carbocycles. The number of aliphatic carboxylic acids is 1. The van der Waals surface area contributed by atoms with Crippen LogP contribution in [-0.4, -0.2) is 55.8 Å². The molecule has 2 rings (SSSR count). The summed E-state index contributed by atoms with van der Waals surface area (Å²) in [6.45, 7) is 3.39. The van der Waals surface area contributed by atoms with Gasteiger partial charge in [0.2, 0.25) is 5.82 Å². The Morgan fingerprint density at radius 2 is 2.41 bits per heavy atom. The first kappa shape index (κ1) is 11.7. The summed E-state index contributed by atoms with van der Waals surface area (Å²) in [6.07, 6.45) is 2.08. The van der Waals surface area contributed by atoms with E-state index in [1.165, 1.54) is 4.80 Å². The first-order valence-corrected chi connectivity index (χ1v) is 5.44. The molecule has 0 bridgehead atoms. The van der Waals surface area contributed by atoms with Gasteiger partial charge in [-0.15, -0.1) is 10.2 Å². The van der Waals surface area contributed by atoms with Gasteiger partial charge in [0.05, 0.1) is 13.6 Å². The molecule has 2 heterocycles. The molecule has 0 spiro atoms. The van der Waals surface area contributed by atoms with Crippen molar-refractivity contribution < 1.29 is 9.90 Å². The molecule has 0 amide bonds. The molecule has 1 unspecified atom stereocenters. The van der Waals surface area contributed by atoms with Crippen LogP contribution in [0.5, 0.6) is 0 Å². The normalized spacial score (nSPS) is 21.3. The number of carboxylic acid groups (broad SMARTS) is 1. The zero-order valence-corrected chi connectivity index (χ0v) is 9.87. The van der Waals surface area contributed by atoms with E-state index in [4.69, 9.17) is 5.11 Å². The van der Waals surface area contributed by atoms with Crippen molar-refractivity contribution in [3.05, 3.63) is 11.9 Å². The van der Waals surface area contributed by atoms with Gasteiger partial charge >= 0.3 is 5.97 Å². The molecule has 1 aromatic rings. The minimum Gasteiger partial charge on any atom is -0.480 e. The molecule has 1 N–H and O–H groups in total. The van der Waals surface area contributed by atoms with Crippen LogP contribution in [0.2, 0.25) is 0 Å². The number of nitrogens with zero attached hydrogens (tertiary/aromatic N) is 5. The fourth-order valence-electron chi connectivity index (χ4n) is 2.03. The van der Waals surface area contributed by atoms with Crippen molar-refractivity contribution in [3.8, 4) is 0 Å². The van der Waals surface area contributed by atoms with E-state index in [-0.39, 0.29) is 6.54 Å². The van der Waals surface area contributed by atoms with E-state index < -0.39 is 5.97 Å².